The summed E-state index contributed by atoms with van der Waals surface area (Å²) in [6.45, 7) is 4.49. The number of anilines is 1. The van der Waals surface area contributed by atoms with Crippen LogP contribution in [-0.4, -0.2) is 26.9 Å². The monoisotopic (exact) mass is 420 g/mol. The number of fused-ring (bicyclic) bond motifs is 1. The molecule has 0 saturated carbocycles. The van der Waals surface area contributed by atoms with Gasteiger partial charge in [-0.3, -0.25) is 4.79 Å². The van der Waals surface area contributed by atoms with Crippen molar-refractivity contribution in [3.05, 3.63) is 58.6 Å². The molecule has 7 heteroatoms. The molecule has 1 aliphatic rings. The normalized spacial score (nSPS) is 15.2. The SMILES string of the molecule is CCC[C@@H](C)NS(=O)(=O)c1ccc2c(c1)CCCN2C(=O)c1ccc(Cl)cc1. The zero-order chi connectivity index (χ0) is 20.3. The van der Waals surface area contributed by atoms with E-state index >= 15 is 0 Å². The summed E-state index contributed by atoms with van der Waals surface area (Å²) in [6.07, 6.45) is 3.23. The Morgan fingerprint density at radius 3 is 2.61 bits per heavy atom. The maximum absolute atomic E-state index is 12.9. The summed E-state index contributed by atoms with van der Waals surface area (Å²) in [4.78, 5) is 14.9. The molecule has 150 valence electrons. The van der Waals surface area contributed by atoms with E-state index in [0.29, 0.717) is 17.1 Å². The highest BCUT2D eigenvalue weighted by Gasteiger charge is 2.26. The van der Waals surface area contributed by atoms with Gasteiger partial charge in [0.05, 0.1) is 4.90 Å². The van der Waals surface area contributed by atoms with Crippen LogP contribution in [0.25, 0.3) is 0 Å². The Balaban J connectivity index is 1.87. The molecule has 5 nitrogen and oxygen atoms in total. The number of amides is 1. The summed E-state index contributed by atoms with van der Waals surface area (Å²) in [5.74, 6) is -0.108. The molecule has 1 heterocycles. The third kappa shape index (κ3) is 4.57. The van der Waals surface area contributed by atoms with Crippen molar-refractivity contribution in [1.29, 1.82) is 0 Å². The van der Waals surface area contributed by atoms with Gasteiger partial charge in [0.2, 0.25) is 10.0 Å². The van der Waals surface area contributed by atoms with E-state index in [2.05, 4.69) is 4.72 Å². The minimum absolute atomic E-state index is 0.108. The minimum atomic E-state index is -3.58. The topological polar surface area (TPSA) is 66.5 Å². The van der Waals surface area contributed by atoms with Gasteiger partial charge in [0.15, 0.2) is 0 Å². The van der Waals surface area contributed by atoms with E-state index in [1.807, 2.05) is 13.8 Å². The predicted molar refractivity (Wildman–Crippen MR) is 113 cm³/mol. The first-order chi connectivity index (χ1) is 13.3. The first-order valence-electron chi connectivity index (χ1n) is 9.54. The summed E-state index contributed by atoms with van der Waals surface area (Å²) >= 11 is 5.91. The Morgan fingerprint density at radius 1 is 1.21 bits per heavy atom. The quantitative estimate of drug-likeness (QED) is 0.753. The van der Waals surface area contributed by atoms with E-state index < -0.39 is 10.0 Å². The van der Waals surface area contributed by atoms with E-state index in [1.165, 1.54) is 0 Å². The highest BCUT2D eigenvalue weighted by Crippen LogP contribution is 2.31. The van der Waals surface area contributed by atoms with Gasteiger partial charge in [-0.05, 0) is 74.2 Å². The molecule has 0 bridgehead atoms. The lowest BCUT2D eigenvalue weighted by Gasteiger charge is -2.30. The summed E-state index contributed by atoms with van der Waals surface area (Å²) in [7, 11) is -3.58. The second-order valence-electron chi connectivity index (χ2n) is 7.17. The number of carbonyl (C=O) groups excluding carboxylic acids is 1. The molecular formula is C21H25ClN2O3S. The van der Waals surface area contributed by atoms with Crippen molar-refractivity contribution >= 4 is 33.2 Å². The third-order valence-electron chi connectivity index (χ3n) is 4.89. The maximum atomic E-state index is 12.9. The molecular weight excluding hydrogens is 396 g/mol. The Hall–Kier alpha value is -1.89. The number of rotatable bonds is 6. The predicted octanol–water partition coefficient (Wildman–Crippen LogP) is 4.40. The second-order valence-corrected chi connectivity index (χ2v) is 9.32. The third-order valence-corrected chi connectivity index (χ3v) is 6.73. The number of nitrogens with one attached hydrogen (secondary N) is 1. The van der Waals surface area contributed by atoms with Crippen LogP contribution in [0.15, 0.2) is 47.4 Å². The van der Waals surface area contributed by atoms with Gasteiger partial charge in [0.1, 0.15) is 0 Å². The molecule has 2 aromatic carbocycles. The number of halogens is 1. The van der Waals surface area contributed by atoms with Gasteiger partial charge in [0.25, 0.3) is 5.91 Å². The van der Waals surface area contributed by atoms with E-state index in [0.717, 1.165) is 36.9 Å². The molecule has 2 aromatic rings. The molecule has 0 radical (unpaired) electrons. The highest BCUT2D eigenvalue weighted by atomic mass is 35.5. The Bertz CT molecular complexity index is 958. The van der Waals surface area contributed by atoms with Crippen LogP contribution in [0, 0.1) is 0 Å². The average molecular weight is 421 g/mol. The molecule has 28 heavy (non-hydrogen) atoms. The van der Waals surface area contributed by atoms with Crippen molar-refractivity contribution in [2.24, 2.45) is 0 Å². The van der Waals surface area contributed by atoms with Crippen LogP contribution in [-0.2, 0) is 16.4 Å². The lowest BCUT2D eigenvalue weighted by Crippen LogP contribution is -2.36. The number of hydrogen-bond acceptors (Lipinski definition) is 3. The smallest absolute Gasteiger partial charge is 0.258 e. The number of nitrogens with zero attached hydrogens (tertiary/aromatic N) is 1. The Morgan fingerprint density at radius 2 is 1.93 bits per heavy atom. The standard InChI is InChI=1S/C21H25ClN2O3S/c1-3-5-15(2)23-28(26,27)19-11-12-20-17(14-19)6-4-13-24(20)21(25)16-7-9-18(22)10-8-16/h7-12,14-15,23H,3-6,13H2,1-2H3/t15-/m1/s1. The Kier molecular flexibility index (Phi) is 6.43. The van der Waals surface area contributed by atoms with Gasteiger partial charge in [-0.1, -0.05) is 24.9 Å². The van der Waals surface area contributed by atoms with Crippen LogP contribution in [0.4, 0.5) is 5.69 Å². The van der Waals surface area contributed by atoms with Gasteiger partial charge in [-0.2, -0.15) is 0 Å². The van der Waals surface area contributed by atoms with Crippen molar-refractivity contribution < 1.29 is 13.2 Å². The van der Waals surface area contributed by atoms with Crippen molar-refractivity contribution in [3.63, 3.8) is 0 Å². The van der Waals surface area contributed by atoms with Crippen LogP contribution in [0.3, 0.4) is 0 Å². The molecule has 0 fully saturated rings. The molecule has 1 aliphatic heterocycles. The van der Waals surface area contributed by atoms with Gasteiger partial charge < -0.3 is 4.90 Å². The van der Waals surface area contributed by atoms with E-state index in [4.69, 9.17) is 11.6 Å². The maximum Gasteiger partial charge on any atom is 0.258 e. The lowest BCUT2D eigenvalue weighted by atomic mass is 10.0. The first-order valence-corrected chi connectivity index (χ1v) is 11.4. The fourth-order valence-electron chi connectivity index (χ4n) is 3.52. The summed E-state index contributed by atoms with van der Waals surface area (Å²) in [6, 6.07) is 11.7. The number of aryl methyl sites for hydroxylation is 1. The number of sulfonamides is 1. The minimum Gasteiger partial charge on any atom is -0.308 e. The first kappa shape index (κ1) is 20.8. The zero-order valence-electron chi connectivity index (χ0n) is 16.1. The molecule has 1 atom stereocenters. The van der Waals surface area contributed by atoms with Crippen LogP contribution in [0.5, 0.6) is 0 Å². The fraction of sp³-hybridized carbons (Fsp3) is 0.381. The van der Waals surface area contributed by atoms with Crippen molar-refractivity contribution in [3.8, 4) is 0 Å². The molecule has 1 amide bonds. The second kappa shape index (κ2) is 8.64. The van der Waals surface area contributed by atoms with Crippen LogP contribution >= 0.6 is 11.6 Å². The molecule has 3 rings (SSSR count). The van der Waals surface area contributed by atoms with Crippen LogP contribution in [0.2, 0.25) is 5.02 Å². The number of benzene rings is 2. The molecule has 0 aromatic heterocycles. The van der Waals surface area contributed by atoms with Crippen LogP contribution < -0.4 is 9.62 Å². The van der Waals surface area contributed by atoms with Gasteiger partial charge in [0, 0.05) is 28.9 Å². The molecule has 0 aliphatic carbocycles. The fourth-order valence-corrected chi connectivity index (χ4v) is 4.98. The van der Waals surface area contributed by atoms with Crippen LogP contribution in [0.1, 0.15) is 49.0 Å². The lowest BCUT2D eigenvalue weighted by molar-refractivity contribution is 0.0985. The van der Waals surface area contributed by atoms with Gasteiger partial charge in [-0.25, -0.2) is 13.1 Å². The largest absolute Gasteiger partial charge is 0.308 e. The molecule has 0 spiro atoms. The highest BCUT2D eigenvalue weighted by molar-refractivity contribution is 7.89. The van der Waals surface area contributed by atoms with Gasteiger partial charge in [-0.15, -0.1) is 0 Å². The van der Waals surface area contributed by atoms with Crippen molar-refractivity contribution in [2.45, 2.75) is 50.5 Å². The van der Waals surface area contributed by atoms with Gasteiger partial charge >= 0.3 is 0 Å². The summed E-state index contributed by atoms with van der Waals surface area (Å²) in [5.41, 5.74) is 2.20. The zero-order valence-corrected chi connectivity index (χ0v) is 17.7. The van der Waals surface area contributed by atoms with E-state index in [1.54, 1.807) is 47.4 Å². The Labute approximate surface area is 171 Å². The molecule has 0 saturated heterocycles. The van der Waals surface area contributed by atoms with E-state index in [9.17, 15) is 13.2 Å². The van der Waals surface area contributed by atoms with Crippen molar-refractivity contribution in [1.82, 2.24) is 4.72 Å². The van der Waals surface area contributed by atoms with E-state index in [-0.39, 0.29) is 16.8 Å². The summed E-state index contributed by atoms with van der Waals surface area (Å²) < 4.78 is 28.1. The molecule has 1 N–H and O–H groups in total. The number of carbonyl (C=O) groups is 1. The summed E-state index contributed by atoms with van der Waals surface area (Å²) in [5, 5.41) is 0.579. The van der Waals surface area contributed by atoms with Crippen molar-refractivity contribution in [2.75, 3.05) is 11.4 Å². The molecule has 0 unspecified atom stereocenters. The average Bonchev–Trinajstić information content (AvgIpc) is 2.67. The number of hydrogen-bond donors (Lipinski definition) is 1.